The molecule has 0 radical (unpaired) electrons. The molecular weight excluding hydrogens is 324 g/mol. The van der Waals surface area contributed by atoms with Crippen LogP contribution in [0.15, 0.2) is 36.5 Å². The quantitative estimate of drug-likeness (QED) is 0.744. The minimum Gasteiger partial charge on any atom is -0.480 e. The summed E-state index contributed by atoms with van der Waals surface area (Å²) in [5.41, 5.74) is 0.998. The number of nitrogens with one attached hydrogen (secondary N) is 1. The Balaban J connectivity index is 2.13. The maximum atomic E-state index is 12.4. The molecule has 7 heteroatoms. The number of rotatable bonds is 7. The number of hydrogen-bond donors (Lipinski definition) is 2. The number of carbonyl (C=O) groups excluding carboxylic acids is 2. The van der Waals surface area contributed by atoms with Crippen LogP contribution in [0.3, 0.4) is 0 Å². The molecule has 0 fully saturated rings. The van der Waals surface area contributed by atoms with Crippen LogP contribution >= 0.6 is 0 Å². The molecule has 0 bridgehead atoms. The summed E-state index contributed by atoms with van der Waals surface area (Å²) in [6.45, 7) is 3.47. The van der Waals surface area contributed by atoms with E-state index in [4.69, 9.17) is 4.74 Å². The van der Waals surface area contributed by atoms with Gasteiger partial charge >= 0.3 is 11.9 Å². The van der Waals surface area contributed by atoms with Gasteiger partial charge in [-0.25, -0.2) is 4.79 Å². The van der Waals surface area contributed by atoms with Gasteiger partial charge in [0.2, 0.25) is 0 Å². The highest BCUT2D eigenvalue weighted by Crippen LogP contribution is 2.14. The summed E-state index contributed by atoms with van der Waals surface area (Å²) in [4.78, 5) is 39.6. The number of benzene rings is 1. The zero-order chi connectivity index (χ0) is 18.4. The molecule has 0 aliphatic rings. The first-order valence-electron chi connectivity index (χ1n) is 7.96. The van der Waals surface area contributed by atoms with Gasteiger partial charge in [-0.05, 0) is 25.0 Å². The summed E-state index contributed by atoms with van der Waals surface area (Å²) >= 11 is 0. The number of aromatic nitrogens is 1. The Morgan fingerprint density at radius 3 is 2.68 bits per heavy atom. The fourth-order valence-electron chi connectivity index (χ4n) is 2.47. The van der Waals surface area contributed by atoms with E-state index in [9.17, 15) is 19.5 Å². The third-order valence-electron chi connectivity index (χ3n) is 3.77. The van der Waals surface area contributed by atoms with Crippen molar-refractivity contribution in [2.45, 2.75) is 26.3 Å². The van der Waals surface area contributed by atoms with Crippen molar-refractivity contribution in [3.8, 4) is 0 Å². The summed E-state index contributed by atoms with van der Waals surface area (Å²) in [5, 5.41) is 12.6. The molecule has 0 spiro atoms. The average Bonchev–Trinajstić information content (AvgIpc) is 2.58. The van der Waals surface area contributed by atoms with Crippen LogP contribution in [-0.2, 0) is 14.3 Å². The van der Waals surface area contributed by atoms with Gasteiger partial charge in [0, 0.05) is 11.6 Å². The van der Waals surface area contributed by atoms with E-state index in [0.29, 0.717) is 0 Å². The maximum Gasteiger partial charge on any atom is 0.326 e. The van der Waals surface area contributed by atoms with Crippen LogP contribution in [0.5, 0.6) is 0 Å². The number of amides is 1. The first-order valence-corrected chi connectivity index (χ1v) is 7.96. The van der Waals surface area contributed by atoms with Crippen LogP contribution < -0.4 is 5.32 Å². The number of carboxylic acid groups (broad SMARTS) is 1. The second kappa shape index (κ2) is 8.23. The van der Waals surface area contributed by atoms with E-state index in [1.807, 2.05) is 24.3 Å². The Bertz CT molecular complexity index is 790. The van der Waals surface area contributed by atoms with Crippen molar-refractivity contribution in [2.24, 2.45) is 5.92 Å². The number of carboxylic acids is 1. The lowest BCUT2D eigenvalue weighted by atomic mass is 9.98. The summed E-state index contributed by atoms with van der Waals surface area (Å²) in [6, 6.07) is 7.74. The van der Waals surface area contributed by atoms with Crippen LogP contribution in [0, 0.1) is 5.92 Å². The molecule has 2 rings (SSSR count). The van der Waals surface area contributed by atoms with E-state index in [2.05, 4.69) is 10.3 Å². The molecular formula is C18H20N2O5. The third kappa shape index (κ3) is 4.76. The van der Waals surface area contributed by atoms with Gasteiger partial charge in [0.15, 0.2) is 0 Å². The summed E-state index contributed by atoms with van der Waals surface area (Å²) in [7, 11) is 0. The molecule has 132 valence electrons. The molecule has 2 atom stereocenters. The summed E-state index contributed by atoms with van der Waals surface area (Å²) in [6.07, 6.45) is 1.30. The van der Waals surface area contributed by atoms with Gasteiger partial charge in [0.1, 0.15) is 6.04 Å². The van der Waals surface area contributed by atoms with E-state index < -0.39 is 29.8 Å². The van der Waals surface area contributed by atoms with E-state index >= 15 is 0 Å². The van der Waals surface area contributed by atoms with Gasteiger partial charge in [0.25, 0.3) is 5.91 Å². The van der Waals surface area contributed by atoms with Crippen molar-refractivity contribution < 1.29 is 24.2 Å². The van der Waals surface area contributed by atoms with Gasteiger partial charge < -0.3 is 15.2 Å². The normalized spacial score (nSPS) is 13.0. The lowest BCUT2D eigenvalue weighted by molar-refractivity contribution is -0.145. The molecule has 7 nitrogen and oxygen atoms in total. The topological polar surface area (TPSA) is 106 Å². The van der Waals surface area contributed by atoms with Crippen molar-refractivity contribution in [1.82, 2.24) is 10.3 Å². The van der Waals surface area contributed by atoms with Crippen LogP contribution in [0.25, 0.3) is 10.9 Å². The Morgan fingerprint density at radius 2 is 2.00 bits per heavy atom. The molecule has 1 heterocycles. The lowest BCUT2D eigenvalue weighted by Gasteiger charge is -2.20. The molecule has 1 aromatic carbocycles. The fraction of sp³-hybridized carbons (Fsp3) is 0.333. The number of nitrogens with zero attached hydrogens (tertiary/aromatic N) is 1. The number of ether oxygens (including phenoxy) is 1. The highest BCUT2D eigenvalue weighted by atomic mass is 16.5. The molecule has 1 amide bonds. The van der Waals surface area contributed by atoms with Crippen molar-refractivity contribution in [2.75, 3.05) is 6.61 Å². The fourth-order valence-corrected chi connectivity index (χ4v) is 2.47. The van der Waals surface area contributed by atoms with E-state index in [-0.39, 0.29) is 18.6 Å². The molecule has 2 N–H and O–H groups in total. The van der Waals surface area contributed by atoms with Crippen LogP contribution in [0.4, 0.5) is 0 Å². The molecule has 0 aliphatic carbocycles. The van der Waals surface area contributed by atoms with Crippen molar-refractivity contribution in [3.05, 3.63) is 42.1 Å². The molecule has 2 aromatic rings. The minimum atomic E-state index is -1.21. The minimum absolute atomic E-state index is 0.0962. The number of fused-ring (bicyclic) bond motifs is 1. The Labute approximate surface area is 145 Å². The zero-order valence-electron chi connectivity index (χ0n) is 14.1. The Morgan fingerprint density at radius 1 is 1.28 bits per heavy atom. The average molecular weight is 344 g/mol. The number of esters is 1. The zero-order valence-corrected chi connectivity index (χ0v) is 14.1. The molecule has 0 saturated carbocycles. The molecule has 1 aromatic heterocycles. The highest BCUT2D eigenvalue weighted by molar-refractivity contribution is 5.99. The number of pyridine rings is 1. The lowest BCUT2D eigenvalue weighted by Crippen LogP contribution is -2.45. The number of hydrogen-bond acceptors (Lipinski definition) is 5. The predicted molar refractivity (Wildman–Crippen MR) is 91.0 cm³/mol. The van der Waals surface area contributed by atoms with Crippen LogP contribution in [0.1, 0.15) is 30.6 Å². The molecule has 0 saturated heterocycles. The van der Waals surface area contributed by atoms with Gasteiger partial charge in [-0.1, -0.05) is 25.1 Å². The largest absolute Gasteiger partial charge is 0.480 e. The standard InChI is InChI=1S/C18H20N2O5/c1-3-25-15(21)8-11(2)16(18(23)24)20-17(22)13-9-12-6-4-5-7-14(12)19-10-13/h4-7,9-11,16H,3,8H2,1-2H3,(H,20,22)(H,23,24)/t11-,16+/m1/s1. The van der Waals surface area contributed by atoms with Gasteiger partial charge in [-0.2, -0.15) is 0 Å². The maximum absolute atomic E-state index is 12.4. The van der Waals surface area contributed by atoms with E-state index in [1.54, 1.807) is 19.9 Å². The summed E-state index contributed by atoms with van der Waals surface area (Å²) in [5.74, 6) is -2.88. The molecule has 0 aliphatic heterocycles. The van der Waals surface area contributed by atoms with E-state index in [1.165, 1.54) is 6.20 Å². The Kier molecular flexibility index (Phi) is 6.05. The second-order valence-electron chi connectivity index (χ2n) is 5.69. The third-order valence-corrected chi connectivity index (χ3v) is 3.77. The molecule has 0 unspecified atom stereocenters. The van der Waals surface area contributed by atoms with Crippen molar-refractivity contribution in [1.29, 1.82) is 0 Å². The second-order valence-corrected chi connectivity index (χ2v) is 5.69. The first-order chi connectivity index (χ1) is 11.9. The SMILES string of the molecule is CCOC(=O)C[C@@H](C)[C@H](NC(=O)c1cnc2ccccc2c1)C(=O)O. The van der Waals surface area contributed by atoms with Crippen LogP contribution in [0.2, 0.25) is 0 Å². The van der Waals surface area contributed by atoms with Gasteiger partial charge in [0.05, 0.1) is 24.1 Å². The highest BCUT2D eigenvalue weighted by Gasteiger charge is 2.29. The van der Waals surface area contributed by atoms with Crippen molar-refractivity contribution >= 4 is 28.7 Å². The van der Waals surface area contributed by atoms with Gasteiger partial charge in [-0.15, -0.1) is 0 Å². The number of carbonyl (C=O) groups is 3. The van der Waals surface area contributed by atoms with Crippen LogP contribution in [-0.4, -0.2) is 40.6 Å². The van der Waals surface area contributed by atoms with E-state index in [0.717, 1.165) is 10.9 Å². The smallest absolute Gasteiger partial charge is 0.326 e. The predicted octanol–water partition coefficient (Wildman–Crippen LogP) is 2.01. The number of aliphatic carboxylic acids is 1. The van der Waals surface area contributed by atoms with Crippen molar-refractivity contribution in [3.63, 3.8) is 0 Å². The first kappa shape index (κ1) is 18.4. The van der Waals surface area contributed by atoms with Gasteiger partial charge in [-0.3, -0.25) is 14.6 Å². The summed E-state index contributed by atoms with van der Waals surface area (Å²) < 4.78 is 4.83. The molecule has 25 heavy (non-hydrogen) atoms. The number of para-hydroxylation sites is 1. The monoisotopic (exact) mass is 344 g/mol. The Hall–Kier alpha value is -2.96.